The lowest BCUT2D eigenvalue weighted by Crippen LogP contribution is -2.36. The first kappa shape index (κ1) is 103. The summed E-state index contributed by atoms with van der Waals surface area (Å²) in [6, 6.07) is 0. The lowest BCUT2D eigenvalue weighted by molar-refractivity contribution is -0.144. The van der Waals surface area contributed by atoms with E-state index in [2.05, 4.69) is 51.0 Å². The molecular formula is C98H181N3O11. The first-order valence-electron chi connectivity index (χ1n) is 49.0. The van der Waals surface area contributed by atoms with Crippen LogP contribution in [0.15, 0.2) is 12.7 Å². The molecule has 112 heavy (non-hydrogen) atoms. The van der Waals surface area contributed by atoms with Crippen LogP contribution in [0.1, 0.15) is 458 Å². The Morgan fingerprint density at radius 3 is 1.37 bits per heavy atom. The van der Waals surface area contributed by atoms with Crippen molar-refractivity contribution in [2.24, 2.45) is 41.4 Å². The number of carbonyl (C=O) groups is 6. The number of cyclic esters (lactones) is 2. The number of hydrogen-bond acceptors (Lipinski definition) is 12. The van der Waals surface area contributed by atoms with Crippen LogP contribution in [-0.4, -0.2) is 134 Å². The van der Waals surface area contributed by atoms with Gasteiger partial charge in [0.05, 0.1) is 32.5 Å². The summed E-state index contributed by atoms with van der Waals surface area (Å²) < 4.78 is 23.2. The highest BCUT2D eigenvalue weighted by atomic mass is 16.5. The molecule has 2 amide bonds. The molecule has 0 aromatic carbocycles. The molecule has 1 aliphatic carbocycles. The summed E-state index contributed by atoms with van der Waals surface area (Å²) in [5.41, 5.74) is 0. The number of esters is 4. The zero-order chi connectivity index (χ0) is 80.8. The van der Waals surface area contributed by atoms with E-state index in [0.29, 0.717) is 89.4 Å². The third-order valence-electron chi connectivity index (χ3n) is 26.0. The monoisotopic (exact) mass is 1580 g/mol. The zero-order valence-corrected chi connectivity index (χ0v) is 74.2. The number of aliphatic hydroxyl groups is 1. The van der Waals surface area contributed by atoms with Gasteiger partial charge in [-0.25, -0.2) is 0 Å². The second-order valence-corrected chi connectivity index (χ2v) is 35.8. The van der Waals surface area contributed by atoms with E-state index in [4.69, 9.17) is 18.9 Å². The van der Waals surface area contributed by atoms with Crippen molar-refractivity contribution in [1.82, 2.24) is 14.7 Å². The number of rotatable bonds is 52. The number of aliphatic hydroxyl groups excluding tert-OH is 1. The highest BCUT2D eigenvalue weighted by Gasteiger charge is 2.39. The molecule has 7 unspecified atom stereocenters. The number of unbranched alkanes of at least 4 members (excludes halogenated alkanes) is 18. The summed E-state index contributed by atoms with van der Waals surface area (Å²) in [5, 5.41) is 10.0. The van der Waals surface area contributed by atoms with Gasteiger partial charge in [0.25, 0.3) is 0 Å². The van der Waals surface area contributed by atoms with E-state index in [-0.39, 0.29) is 41.8 Å². The smallest absolute Gasteiger partial charge is 0.305 e. The van der Waals surface area contributed by atoms with Crippen LogP contribution in [-0.2, 0) is 47.7 Å². The van der Waals surface area contributed by atoms with Crippen LogP contribution in [0.3, 0.4) is 0 Å². The summed E-state index contributed by atoms with van der Waals surface area (Å²) in [5.74, 6) is 5.39. The van der Waals surface area contributed by atoms with Gasteiger partial charge < -0.3 is 38.8 Å². The van der Waals surface area contributed by atoms with Gasteiger partial charge in [-0.1, -0.05) is 311 Å². The highest BCUT2D eigenvalue weighted by molar-refractivity contribution is 5.87. The minimum Gasteiger partial charge on any atom is -0.466 e. The molecule has 0 aromatic heterocycles. The Morgan fingerprint density at radius 1 is 0.455 bits per heavy atom. The van der Waals surface area contributed by atoms with Gasteiger partial charge >= 0.3 is 23.9 Å². The molecule has 0 aromatic rings. The fourth-order valence-electron chi connectivity index (χ4n) is 18.7. The lowest BCUT2D eigenvalue weighted by Gasteiger charge is -2.46. The number of hydrogen-bond donors (Lipinski definition) is 1. The van der Waals surface area contributed by atoms with Gasteiger partial charge in [-0.15, -0.1) is 0 Å². The number of likely N-dealkylation sites (tertiary alicyclic amines) is 1. The standard InChI is InChI=1S/C98H181N3O11/c1-7-13-30-52-85(53-31-14-8-2)60-48-79-109-95(105)67-35-22-18-26-43-73-100(93(103)12-6)74-44-27-19-23-36-68-98(108)112-82-51-63-88(56-34-17-11-5)59-47-65-90-83-89-64-41-39-57-86(54-32-15-9-3)61-49-80-110-96(106)69-37-24-20-28-45-75-101(94(104)72-78-99-77-71-91(102)84-99)76-46-29-21-25-38-70-97(107)111-81-50-62-87(55-33-16-10-4)58-40-42-66-92(89)90/h12,85-92,102H,6-11,13-84H2,1-5H3. The second kappa shape index (κ2) is 72.7. The predicted octanol–water partition coefficient (Wildman–Crippen LogP) is 25.9. The number of fused-ring (bicyclic) bond motifs is 1. The number of ether oxygens (including phenoxy) is 4. The first-order chi connectivity index (χ1) is 54.8. The SMILES string of the molecule is C=CC(=O)N(CCCCCCCC(=O)OCCCC(CCCCC)CCCCC)CCCCCCCC(=O)OCCCC(CCCCC)CCCC1CC2CCCCC(CCCCC)CCCOC(=O)CCCCCCCN(C(=O)CCN3CCC(O)C3)CCCCCCCC(=O)OCCCC(CCCCC)CCCCC21. The van der Waals surface area contributed by atoms with Gasteiger partial charge in [0, 0.05) is 77.9 Å². The Labute approximate surface area is 690 Å². The largest absolute Gasteiger partial charge is 0.466 e. The van der Waals surface area contributed by atoms with Crippen molar-refractivity contribution in [2.75, 3.05) is 72.2 Å². The van der Waals surface area contributed by atoms with Crippen molar-refractivity contribution in [1.29, 1.82) is 0 Å². The van der Waals surface area contributed by atoms with Gasteiger partial charge in [-0.3, -0.25) is 28.8 Å². The minimum atomic E-state index is -0.280. The summed E-state index contributed by atoms with van der Waals surface area (Å²) >= 11 is 0. The van der Waals surface area contributed by atoms with Crippen LogP contribution in [0.2, 0.25) is 0 Å². The molecule has 1 N–H and O–H groups in total. The molecule has 2 aliphatic heterocycles. The van der Waals surface area contributed by atoms with E-state index in [1.54, 1.807) is 0 Å². The molecule has 0 spiro atoms. The summed E-state index contributed by atoms with van der Waals surface area (Å²) in [4.78, 5) is 83.8. The topological polar surface area (TPSA) is 169 Å². The van der Waals surface area contributed by atoms with Crippen molar-refractivity contribution >= 4 is 35.7 Å². The molecule has 0 radical (unpaired) electrons. The predicted molar refractivity (Wildman–Crippen MR) is 467 cm³/mol. The van der Waals surface area contributed by atoms with Crippen LogP contribution in [0, 0.1) is 41.4 Å². The minimum absolute atomic E-state index is 0.00203. The summed E-state index contributed by atoms with van der Waals surface area (Å²) in [6.07, 6.45) is 74.1. The molecule has 14 heteroatoms. The van der Waals surface area contributed by atoms with E-state index >= 15 is 0 Å². The average Bonchev–Trinajstić information content (AvgIpc) is 0.903. The van der Waals surface area contributed by atoms with Crippen LogP contribution in [0.25, 0.3) is 0 Å². The van der Waals surface area contributed by atoms with Crippen molar-refractivity contribution in [3.8, 4) is 0 Å². The van der Waals surface area contributed by atoms with Gasteiger partial charge in [0.1, 0.15) is 0 Å². The Bertz CT molecular complexity index is 2260. The van der Waals surface area contributed by atoms with E-state index in [1.165, 1.54) is 218 Å². The number of β-amino-alcohol motifs (C(OH)–C–C–N with tert-alkyl or cyclic N) is 1. The Kier molecular flexibility index (Phi) is 66.6. The first-order valence-corrected chi connectivity index (χ1v) is 49.0. The number of nitrogens with zero attached hydrogens (tertiary/aromatic N) is 3. The van der Waals surface area contributed by atoms with Crippen LogP contribution >= 0.6 is 0 Å². The Morgan fingerprint density at radius 2 is 0.884 bits per heavy atom. The van der Waals surface area contributed by atoms with Crippen molar-refractivity contribution < 1.29 is 52.8 Å². The van der Waals surface area contributed by atoms with Crippen LogP contribution in [0.5, 0.6) is 0 Å². The van der Waals surface area contributed by atoms with Crippen molar-refractivity contribution in [3.05, 3.63) is 12.7 Å². The second-order valence-electron chi connectivity index (χ2n) is 35.8. The van der Waals surface area contributed by atoms with Gasteiger partial charge in [-0.2, -0.15) is 0 Å². The third kappa shape index (κ3) is 56.0. The quantitative estimate of drug-likeness (QED) is 0.0265. The number of carbonyl (C=O) groups excluding carboxylic acids is 6. The number of amides is 2. The molecule has 0 bridgehead atoms. The fraction of sp³-hybridized carbons (Fsp3) is 0.918. The highest BCUT2D eigenvalue weighted by Crippen LogP contribution is 2.49. The maximum atomic E-state index is 13.5. The summed E-state index contributed by atoms with van der Waals surface area (Å²) in [6.45, 7) is 22.6. The van der Waals surface area contributed by atoms with Gasteiger partial charge in [-0.05, 0) is 169 Å². The normalized spacial score (nSPS) is 21.2. The van der Waals surface area contributed by atoms with E-state index in [0.717, 1.165) is 236 Å². The summed E-state index contributed by atoms with van der Waals surface area (Å²) in [7, 11) is 0. The van der Waals surface area contributed by atoms with Crippen molar-refractivity contribution in [2.45, 2.75) is 464 Å². The van der Waals surface area contributed by atoms with E-state index in [9.17, 15) is 33.9 Å². The maximum Gasteiger partial charge on any atom is 0.305 e. The molecule has 3 aliphatic rings. The molecule has 2 saturated heterocycles. The Balaban J connectivity index is 1.45. The molecular weight excluding hydrogens is 1400 g/mol. The van der Waals surface area contributed by atoms with Gasteiger partial charge in [0.15, 0.2) is 0 Å². The van der Waals surface area contributed by atoms with E-state index in [1.807, 2.05) is 4.90 Å². The van der Waals surface area contributed by atoms with E-state index < -0.39 is 0 Å². The molecule has 3 fully saturated rings. The molecule has 2 heterocycles. The molecule has 14 nitrogen and oxygen atoms in total. The van der Waals surface area contributed by atoms with Crippen LogP contribution < -0.4 is 0 Å². The molecule has 1 saturated carbocycles. The van der Waals surface area contributed by atoms with Gasteiger partial charge in [0.2, 0.25) is 11.8 Å². The maximum absolute atomic E-state index is 13.5. The average molecular weight is 1580 g/mol. The van der Waals surface area contributed by atoms with Crippen LogP contribution in [0.4, 0.5) is 0 Å². The Hall–Kier alpha value is -3.52. The zero-order valence-electron chi connectivity index (χ0n) is 74.2. The lowest BCUT2D eigenvalue weighted by atomic mass is 9.59. The molecule has 7 atom stereocenters. The fourth-order valence-corrected chi connectivity index (χ4v) is 18.7. The molecule has 654 valence electrons. The third-order valence-corrected chi connectivity index (χ3v) is 26.0. The molecule has 3 rings (SSSR count). The van der Waals surface area contributed by atoms with Crippen molar-refractivity contribution in [3.63, 3.8) is 0 Å².